The SMILES string of the molecule is CC(C)(N)CC(C(C)(C)N)C(C)(C)N. The van der Waals surface area contributed by atoms with Gasteiger partial charge in [-0.2, -0.15) is 0 Å². The van der Waals surface area contributed by atoms with Gasteiger partial charge in [0.15, 0.2) is 0 Å². The Morgan fingerprint density at radius 3 is 1.14 bits per heavy atom. The molecule has 6 N–H and O–H groups in total. The highest BCUT2D eigenvalue weighted by molar-refractivity contribution is 4.98. The maximum absolute atomic E-state index is 6.14. The van der Waals surface area contributed by atoms with Gasteiger partial charge in [-0.1, -0.05) is 0 Å². The smallest absolute Gasteiger partial charge is 0.0143 e. The first kappa shape index (κ1) is 13.9. The molecule has 0 amide bonds. The number of rotatable bonds is 4. The summed E-state index contributed by atoms with van der Waals surface area (Å²) in [7, 11) is 0. The highest BCUT2D eigenvalue weighted by atomic mass is 14.8. The summed E-state index contributed by atoms with van der Waals surface area (Å²) in [6.45, 7) is 12.1. The van der Waals surface area contributed by atoms with Crippen LogP contribution < -0.4 is 17.2 Å². The molecule has 3 nitrogen and oxygen atoms in total. The zero-order valence-corrected chi connectivity index (χ0v) is 10.5. The standard InChI is InChI=1S/C11H27N3/c1-9(2,12)7-8(10(3,4)13)11(5,6)14/h8H,7,12-14H2,1-6H3. The Balaban J connectivity index is 4.78. The summed E-state index contributed by atoms with van der Waals surface area (Å²) < 4.78 is 0. The Hall–Kier alpha value is -0.120. The Kier molecular flexibility index (Phi) is 3.76. The second-order valence-corrected chi connectivity index (χ2v) is 6.39. The molecule has 86 valence electrons. The second-order valence-electron chi connectivity index (χ2n) is 6.39. The van der Waals surface area contributed by atoms with Crippen molar-refractivity contribution in [2.75, 3.05) is 0 Å². The molecule has 0 saturated carbocycles. The van der Waals surface area contributed by atoms with Crippen molar-refractivity contribution in [1.29, 1.82) is 0 Å². The third kappa shape index (κ3) is 4.94. The van der Waals surface area contributed by atoms with Gasteiger partial charge >= 0.3 is 0 Å². The normalized spacial score (nSPS) is 15.0. The van der Waals surface area contributed by atoms with Crippen molar-refractivity contribution in [2.24, 2.45) is 23.1 Å². The Bertz CT molecular complexity index is 164. The third-order valence-electron chi connectivity index (χ3n) is 2.53. The Morgan fingerprint density at radius 2 is 1.07 bits per heavy atom. The molecule has 0 aromatic rings. The van der Waals surface area contributed by atoms with Crippen molar-refractivity contribution in [2.45, 2.75) is 64.6 Å². The Labute approximate surface area is 88.4 Å². The van der Waals surface area contributed by atoms with E-state index in [0.717, 1.165) is 6.42 Å². The summed E-state index contributed by atoms with van der Waals surface area (Å²) in [5.74, 6) is 0.204. The summed E-state index contributed by atoms with van der Waals surface area (Å²) in [5.41, 5.74) is 17.5. The zero-order valence-electron chi connectivity index (χ0n) is 10.5. The lowest BCUT2D eigenvalue weighted by molar-refractivity contribution is 0.165. The van der Waals surface area contributed by atoms with Gasteiger partial charge in [-0.15, -0.1) is 0 Å². The molecule has 0 heterocycles. The van der Waals surface area contributed by atoms with Crippen LogP contribution in [0.1, 0.15) is 48.0 Å². The first-order valence-electron chi connectivity index (χ1n) is 5.21. The molecule has 0 saturated heterocycles. The van der Waals surface area contributed by atoms with E-state index in [1.807, 2.05) is 41.5 Å². The Morgan fingerprint density at radius 1 is 0.786 bits per heavy atom. The quantitative estimate of drug-likeness (QED) is 0.639. The minimum atomic E-state index is -0.297. The van der Waals surface area contributed by atoms with E-state index in [9.17, 15) is 0 Å². The van der Waals surface area contributed by atoms with Crippen LogP contribution >= 0.6 is 0 Å². The number of hydrogen-bond acceptors (Lipinski definition) is 3. The second kappa shape index (κ2) is 3.80. The van der Waals surface area contributed by atoms with Crippen molar-refractivity contribution in [3.05, 3.63) is 0 Å². The van der Waals surface area contributed by atoms with Crippen LogP contribution in [-0.4, -0.2) is 16.6 Å². The van der Waals surface area contributed by atoms with Crippen molar-refractivity contribution in [3.8, 4) is 0 Å². The van der Waals surface area contributed by atoms with Crippen LogP contribution in [0.3, 0.4) is 0 Å². The van der Waals surface area contributed by atoms with Gasteiger partial charge in [-0.3, -0.25) is 0 Å². The van der Waals surface area contributed by atoms with Crippen molar-refractivity contribution < 1.29 is 0 Å². The molecule has 0 spiro atoms. The molecular weight excluding hydrogens is 174 g/mol. The molecule has 0 atom stereocenters. The third-order valence-corrected chi connectivity index (χ3v) is 2.53. The molecule has 0 bridgehead atoms. The van der Waals surface area contributed by atoms with Crippen LogP contribution in [0.15, 0.2) is 0 Å². The number of nitrogens with two attached hydrogens (primary N) is 3. The average molecular weight is 201 g/mol. The lowest BCUT2D eigenvalue weighted by Crippen LogP contribution is -2.58. The fourth-order valence-electron chi connectivity index (χ4n) is 2.01. The molecule has 0 aliphatic heterocycles. The summed E-state index contributed by atoms with van der Waals surface area (Å²) in [6.07, 6.45) is 0.833. The van der Waals surface area contributed by atoms with E-state index in [-0.39, 0.29) is 22.5 Å². The highest BCUT2D eigenvalue weighted by Crippen LogP contribution is 2.31. The van der Waals surface area contributed by atoms with E-state index in [1.165, 1.54) is 0 Å². The van der Waals surface area contributed by atoms with E-state index in [1.54, 1.807) is 0 Å². The van der Waals surface area contributed by atoms with Crippen LogP contribution in [0, 0.1) is 5.92 Å². The first-order chi connectivity index (χ1) is 5.84. The predicted octanol–water partition coefficient (Wildman–Crippen LogP) is 1.20. The molecule has 0 fully saturated rings. The van der Waals surface area contributed by atoms with E-state index in [0.29, 0.717) is 0 Å². The van der Waals surface area contributed by atoms with Gasteiger partial charge < -0.3 is 17.2 Å². The van der Waals surface area contributed by atoms with E-state index >= 15 is 0 Å². The van der Waals surface area contributed by atoms with Gasteiger partial charge in [0.1, 0.15) is 0 Å². The molecule has 0 unspecified atom stereocenters. The summed E-state index contributed by atoms with van der Waals surface area (Å²) in [5, 5.41) is 0. The van der Waals surface area contributed by atoms with Gasteiger partial charge in [0.05, 0.1) is 0 Å². The topological polar surface area (TPSA) is 78.1 Å². The molecule has 0 aromatic carbocycles. The minimum absolute atomic E-state index is 0.204. The van der Waals surface area contributed by atoms with Crippen LogP contribution in [0.5, 0.6) is 0 Å². The molecule has 0 aliphatic rings. The molecule has 0 radical (unpaired) electrons. The van der Waals surface area contributed by atoms with Crippen LogP contribution in [-0.2, 0) is 0 Å². The summed E-state index contributed by atoms with van der Waals surface area (Å²) >= 11 is 0. The predicted molar refractivity (Wildman–Crippen MR) is 62.9 cm³/mol. The van der Waals surface area contributed by atoms with E-state index in [4.69, 9.17) is 17.2 Å². The van der Waals surface area contributed by atoms with Crippen molar-refractivity contribution >= 4 is 0 Å². The van der Waals surface area contributed by atoms with Crippen molar-refractivity contribution in [3.63, 3.8) is 0 Å². The largest absolute Gasteiger partial charge is 0.326 e. The van der Waals surface area contributed by atoms with E-state index in [2.05, 4.69) is 0 Å². The molecule has 14 heavy (non-hydrogen) atoms. The molecular formula is C11H27N3. The van der Waals surface area contributed by atoms with E-state index < -0.39 is 0 Å². The minimum Gasteiger partial charge on any atom is -0.326 e. The maximum Gasteiger partial charge on any atom is 0.0143 e. The van der Waals surface area contributed by atoms with Gasteiger partial charge in [0, 0.05) is 16.6 Å². The van der Waals surface area contributed by atoms with Gasteiger partial charge in [-0.05, 0) is 53.9 Å². The first-order valence-corrected chi connectivity index (χ1v) is 5.21. The van der Waals surface area contributed by atoms with Gasteiger partial charge in [0.25, 0.3) is 0 Å². The zero-order chi connectivity index (χ0) is 11.8. The van der Waals surface area contributed by atoms with Gasteiger partial charge in [-0.25, -0.2) is 0 Å². The fourth-order valence-corrected chi connectivity index (χ4v) is 2.01. The molecule has 0 aliphatic carbocycles. The monoisotopic (exact) mass is 201 g/mol. The maximum atomic E-state index is 6.14. The van der Waals surface area contributed by atoms with Crippen LogP contribution in [0.4, 0.5) is 0 Å². The van der Waals surface area contributed by atoms with Crippen molar-refractivity contribution in [1.82, 2.24) is 0 Å². The molecule has 0 aromatic heterocycles. The molecule has 3 heteroatoms. The van der Waals surface area contributed by atoms with Gasteiger partial charge in [0.2, 0.25) is 0 Å². The summed E-state index contributed by atoms with van der Waals surface area (Å²) in [4.78, 5) is 0. The lowest BCUT2D eigenvalue weighted by Gasteiger charge is -2.43. The van der Waals surface area contributed by atoms with Crippen LogP contribution in [0.2, 0.25) is 0 Å². The fraction of sp³-hybridized carbons (Fsp3) is 1.00. The highest BCUT2D eigenvalue weighted by Gasteiger charge is 2.38. The van der Waals surface area contributed by atoms with Crippen LogP contribution in [0.25, 0.3) is 0 Å². The lowest BCUT2D eigenvalue weighted by atomic mass is 9.70. The number of hydrogen-bond donors (Lipinski definition) is 3. The molecule has 0 rings (SSSR count). The summed E-state index contributed by atoms with van der Waals surface area (Å²) in [6, 6.07) is 0. The average Bonchev–Trinajstić information content (AvgIpc) is 1.75.